The highest BCUT2D eigenvalue weighted by Crippen LogP contribution is 2.44. The normalized spacial score (nSPS) is 11.9. The molecule has 0 aliphatic carbocycles. The van der Waals surface area contributed by atoms with Crippen molar-refractivity contribution in [2.24, 2.45) is 0 Å². The number of aryl methyl sites for hydroxylation is 2. The van der Waals surface area contributed by atoms with Gasteiger partial charge in [0.05, 0.1) is 9.40 Å². The molecule has 0 spiro atoms. The van der Waals surface area contributed by atoms with E-state index >= 15 is 0 Å². The molecule has 0 bridgehead atoms. The van der Waals surface area contributed by atoms with Crippen molar-refractivity contribution in [3.8, 4) is 0 Å². The second-order valence-corrected chi connectivity index (χ2v) is 7.15. The van der Waals surface area contributed by atoms with E-state index in [2.05, 4.69) is 50.2 Å². The molecule has 4 rings (SSSR count). The van der Waals surface area contributed by atoms with E-state index in [0.29, 0.717) is 0 Å². The molecule has 0 amide bonds. The van der Waals surface area contributed by atoms with Gasteiger partial charge in [-0.25, -0.2) is 0 Å². The minimum Gasteiger partial charge on any atom is -0.134 e. The first-order valence-electron chi connectivity index (χ1n) is 6.60. The van der Waals surface area contributed by atoms with Crippen molar-refractivity contribution in [1.29, 1.82) is 0 Å². The highest BCUT2D eigenvalue weighted by molar-refractivity contribution is 7.36. The summed E-state index contributed by atoms with van der Waals surface area (Å²) in [5.74, 6) is 0. The lowest BCUT2D eigenvalue weighted by Gasteiger charge is -1.96. The van der Waals surface area contributed by atoms with Crippen molar-refractivity contribution in [3.63, 3.8) is 0 Å². The van der Waals surface area contributed by atoms with E-state index in [1.165, 1.54) is 40.7 Å². The lowest BCUT2D eigenvalue weighted by molar-refractivity contribution is 1.15. The maximum atomic E-state index is 2.35. The van der Waals surface area contributed by atoms with E-state index in [-0.39, 0.29) is 0 Å². The molecular formula is C17H14S2. The molecule has 2 aromatic carbocycles. The molecule has 2 heterocycles. The average molecular weight is 282 g/mol. The Kier molecular flexibility index (Phi) is 2.44. The van der Waals surface area contributed by atoms with Gasteiger partial charge in [-0.2, -0.15) is 0 Å². The summed E-state index contributed by atoms with van der Waals surface area (Å²) in [6, 6.07) is 13.7. The van der Waals surface area contributed by atoms with E-state index in [1.54, 1.807) is 0 Å². The number of fused-ring (bicyclic) bond motifs is 5. The number of rotatable bonds is 1. The number of benzene rings is 2. The third-order valence-corrected chi connectivity index (χ3v) is 6.21. The highest BCUT2D eigenvalue weighted by Gasteiger charge is 2.11. The molecule has 94 valence electrons. The van der Waals surface area contributed by atoms with Crippen LogP contribution in [0.2, 0.25) is 0 Å². The third kappa shape index (κ3) is 1.63. The smallest absolute Gasteiger partial charge is 0.0542 e. The molecule has 0 fully saturated rings. The zero-order valence-corrected chi connectivity index (χ0v) is 12.6. The van der Waals surface area contributed by atoms with Gasteiger partial charge in [0.15, 0.2) is 0 Å². The van der Waals surface area contributed by atoms with E-state index in [0.717, 1.165) is 6.42 Å². The van der Waals surface area contributed by atoms with Crippen LogP contribution < -0.4 is 0 Å². The number of hydrogen-bond acceptors (Lipinski definition) is 2. The molecule has 0 unspecified atom stereocenters. The van der Waals surface area contributed by atoms with Gasteiger partial charge in [-0.15, -0.1) is 22.7 Å². The maximum Gasteiger partial charge on any atom is 0.0542 e. The monoisotopic (exact) mass is 282 g/mol. The summed E-state index contributed by atoms with van der Waals surface area (Å²) in [5.41, 5.74) is 2.78. The van der Waals surface area contributed by atoms with Crippen LogP contribution in [0.4, 0.5) is 0 Å². The second-order valence-electron chi connectivity index (χ2n) is 5.05. The number of thiophene rings is 2. The Morgan fingerprint density at radius 2 is 1.47 bits per heavy atom. The van der Waals surface area contributed by atoms with Gasteiger partial charge in [-0.1, -0.05) is 31.2 Å². The molecule has 2 aromatic heterocycles. The third-order valence-electron chi connectivity index (χ3n) is 3.71. The van der Waals surface area contributed by atoms with Crippen LogP contribution in [0.25, 0.3) is 29.6 Å². The predicted octanol–water partition coefficient (Wildman–Crippen LogP) is 6.14. The Balaban J connectivity index is 2.15. The summed E-state index contributed by atoms with van der Waals surface area (Å²) in [7, 11) is 0. The van der Waals surface area contributed by atoms with Crippen molar-refractivity contribution in [1.82, 2.24) is 0 Å². The predicted molar refractivity (Wildman–Crippen MR) is 88.8 cm³/mol. The van der Waals surface area contributed by atoms with Crippen LogP contribution in [0.15, 0.2) is 36.4 Å². The summed E-state index contributed by atoms with van der Waals surface area (Å²) in [6.45, 7) is 4.38. The average Bonchev–Trinajstić information content (AvgIpc) is 2.92. The first kappa shape index (κ1) is 11.4. The summed E-state index contributed by atoms with van der Waals surface area (Å²) in [4.78, 5) is 0. The highest BCUT2D eigenvalue weighted by atomic mass is 32.1. The lowest BCUT2D eigenvalue weighted by atomic mass is 10.1. The standard InChI is InChI=1S/C17H14S2/c1-3-11-5-7-13-15(9-11)19-16-12-6-4-10(2)8-14(12)18-17(13)16/h4-9H,3H2,1-2H3. The van der Waals surface area contributed by atoms with Crippen molar-refractivity contribution < 1.29 is 0 Å². The Morgan fingerprint density at radius 3 is 2.16 bits per heavy atom. The van der Waals surface area contributed by atoms with Crippen molar-refractivity contribution in [2.45, 2.75) is 20.3 Å². The Morgan fingerprint density at radius 1 is 0.842 bits per heavy atom. The molecule has 0 aliphatic heterocycles. The SMILES string of the molecule is CCc1ccc2c(c1)sc1c3ccc(C)cc3sc21. The van der Waals surface area contributed by atoms with E-state index < -0.39 is 0 Å². The molecule has 2 heteroatoms. The summed E-state index contributed by atoms with van der Waals surface area (Å²) < 4.78 is 5.78. The van der Waals surface area contributed by atoms with Crippen molar-refractivity contribution in [2.75, 3.05) is 0 Å². The fourth-order valence-corrected chi connectivity index (χ4v) is 5.44. The quantitative estimate of drug-likeness (QED) is 0.393. The van der Waals surface area contributed by atoms with E-state index in [4.69, 9.17) is 0 Å². The second kappa shape index (κ2) is 4.06. The van der Waals surface area contributed by atoms with Crippen LogP contribution >= 0.6 is 22.7 Å². The van der Waals surface area contributed by atoms with Gasteiger partial charge in [0.1, 0.15) is 0 Å². The van der Waals surface area contributed by atoms with E-state index in [9.17, 15) is 0 Å². The molecule has 0 atom stereocenters. The van der Waals surface area contributed by atoms with Crippen LogP contribution in [0, 0.1) is 6.92 Å². The molecule has 4 aromatic rings. The number of hydrogen-bond donors (Lipinski definition) is 0. The largest absolute Gasteiger partial charge is 0.134 e. The Bertz CT molecular complexity index is 909. The summed E-state index contributed by atoms with van der Waals surface area (Å²) in [5, 5.41) is 2.85. The van der Waals surface area contributed by atoms with Gasteiger partial charge >= 0.3 is 0 Å². The van der Waals surface area contributed by atoms with Crippen molar-refractivity contribution in [3.05, 3.63) is 47.5 Å². The van der Waals surface area contributed by atoms with Gasteiger partial charge in [0, 0.05) is 20.2 Å². The Labute approximate surface area is 120 Å². The van der Waals surface area contributed by atoms with Crippen LogP contribution in [-0.4, -0.2) is 0 Å². The molecular weight excluding hydrogens is 268 g/mol. The van der Waals surface area contributed by atoms with Gasteiger partial charge < -0.3 is 0 Å². The van der Waals surface area contributed by atoms with E-state index in [1.807, 2.05) is 22.7 Å². The molecule has 0 saturated heterocycles. The van der Waals surface area contributed by atoms with Gasteiger partial charge in [0.25, 0.3) is 0 Å². The zero-order valence-electron chi connectivity index (χ0n) is 11.0. The fraction of sp³-hybridized carbons (Fsp3) is 0.176. The molecule has 0 saturated carbocycles. The molecule has 0 N–H and O–H groups in total. The Hall–Kier alpha value is -1.38. The molecule has 0 radical (unpaired) electrons. The zero-order chi connectivity index (χ0) is 13.0. The first-order valence-corrected chi connectivity index (χ1v) is 8.24. The first-order chi connectivity index (χ1) is 9.26. The molecule has 19 heavy (non-hydrogen) atoms. The van der Waals surface area contributed by atoms with Crippen molar-refractivity contribution >= 4 is 52.2 Å². The fourth-order valence-electron chi connectivity index (χ4n) is 2.63. The van der Waals surface area contributed by atoms with Crippen LogP contribution in [0.3, 0.4) is 0 Å². The minimum atomic E-state index is 1.11. The molecule has 0 aliphatic rings. The van der Waals surface area contributed by atoms with Crippen LogP contribution in [-0.2, 0) is 6.42 Å². The van der Waals surface area contributed by atoms with Gasteiger partial charge in [-0.05, 0) is 36.6 Å². The van der Waals surface area contributed by atoms with Gasteiger partial charge in [0.2, 0.25) is 0 Å². The minimum absolute atomic E-state index is 1.11. The molecule has 0 nitrogen and oxygen atoms in total. The lowest BCUT2D eigenvalue weighted by Crippen LogP contribution is -1.76. The van der Waals surface area contributed by atoms with Gasteiger partial charge in [-0.3, -0.25) is 0 Å². The maximum absolute atomic E-state index is 2.35. The topological polar surface area (TPSA) is 0 Å². The summed E-state index contributed by atoms with van der Waals surface area (Å²) >= 11 is 3.88. The van der Waals surface area contributed by atoms with Crippen LogP contribution in [0.5, 0.6) is 0 Å². The van der Waals surface area contributed by atoms with Crippen LogP contribution in [0.1, 0.15) is 18.1 Å². The summed E-state index contributed by atoms with van der Waals surface area (Å²) in [6.07, 6.45) is 1.11.